The second-order valence-electron chi connectivity index (χ2n) is 14.5. The quantitative estimate of drug-likeness (QED) is 0.209. The van der Waals surface area contributed by atoms with Gasteiger partial charge in [-0.1, -0.05) is 12.8 Å². The Labute approximate surface area is 228 Å². The molecule has 33 heavy (non-hydrogen) atoms. The summed E-state index contributed by atoms with van der Waals surface area (Å²) in [4.78, 5) is 0. The molecule has 0 spiro atoms. The standard InChI is InChI=1S/2C14H29P.2ClH.Pd/c2*1-13(2,3)15(14(4,5)6)12-10-8-7-9-11-12;;;/h2*12H,7-11H2,1-6H3;2*1H;/q;;;;+2. The average Bonchev–Trinajstić information content (AvgIpc) is 2.60. The van der Waals surface area contributed by atoms with Crippen LogP contribution in [0, 0.1) is 0 Å². The van der Waals surface area contributed by atoms with Crippen molar-refractivity contribution in [2.75, 3.05) is 0 Å². The Balaban J connectivity index is 0.000000555. The summed E-state index contributed by atoms with van der Waals surface area (Å²) < 4.78 is 0. The first-order valence-corrected chi connectivity index (χ1v) is 20.6. The fraction of sp³-hybridized carbons (Fsp3) is 1.00. The number of halogens is 2. The van der Waals surface area contributed by atoms with Crippen molar-refractivity contribution in [3.05, 3.63) is 0 Å². The van der Waals surface area contributed by atoms with Crippen LogP contribution in [0.4, 0.5) is 0 Å². The monoisotopic (exact) mass is 634 g/mol. The Morgan fingerprint density at radius 3 is 0.788 bits per heavy atom. The molecule has 0 nitrogen and oxygen atoms in total. The van der Waals surface area contributed by atoms with Crippen molar-refractivity contribution in [3.8, 4) is 0 Å². The van der Waals surface area contributed by atoms with Gasteiger partial charge in [0, 0.05) is 15.8 Å². The minimum atomic E-state index is -0.276. The van der Waals surface area contributed by atoms with Crippen LogP contribution in [0.2, 0.25) is 0 Å². The van der Waals surface area contributed by atoms with E-state index >= 15 is 0 Å². The molecular formula is C28H60Cl2P2Pd+2. The summed E-state index contributed by atoms with van der Waals surface area (Å²) in [5.74, 6) is 0. The van der Waals surface area contributed by atoms with Gasteiger partial charge in [0.15, 0.2) is 0 Å². The molecule has 0 atom stereocenters. The molecule has 0 unspecified atom stereocenters. The van der Waals surface area contributed by atoms with Crippen LogP contribution in [-0.4, -0.2) is 31.9 Å². The van der Waals surface area contributed by atoms with E-state index in [9.17, 15) is 0 Å². The van der Waals surface area contributed by atoms with Gasteiger partial charge >= 0.3 is 35.0 Å². The van der Waals surface area contributed by atoms with Crippen molar-refractivity contribution in [1.29, 1.82) is 0 Å². The summed E-state index contributed by atoms with van der Waals surface area (Å²) in [6.45, 7) is 29.7. The van der Waals surface area contributed by atoms with Gasteiger partial charge in [0.1, 0.15) is 0 Å². The predicted molar refractivity (Wildman–Crippen MR) is 161 cm³/mol. The van der Waals surface area contributed by atoms with Gasteiger partial charge in [-0.25, -0.2) is 0 Å². The summed E-state index contributed by atoms with van der Waals surface area (Å²) in [7, 11) is 9.08. The van der Waals surface area contributed by atoms with Gasteiger partial charge in [0.25, 0.3) is 0 Å². The molecule has 0 aromatic rings. The van der Waals surface area contributed by atoms with Crippen LogP contribution in [0.25, 0.3) is 0 Å². The van der Waals surface area contributed by atoms with Crippen LogP contribution >= 0.6 is 34.9 Å². The first-order chi connectivity index (χ1) is 14.9. The molecular weight excluding hydrogens is 576 g/mol. The zero-order valence-electron chi connectivity index (χ0n) is 24.3. The summed E-state index contributed by atoms with van der Waals surface area (Å²) in [6.07, 6.45) is 15.0. The second kappa shape index (κ2) is 15.5. The molecule has 0 radical (unpaired) electrons. The molecule has 0 aliphatic heterocycles. The van der Waals surface area contributed by atoms with E-state index in [1.54, 1.807) is 0 Å². The first kappa shape index (κ1) is 35.1. The molecule has 0 aromatic heterocycles. The van der Waals surface area contributed by atoms with Crippen LogP contribution in [0.1, 0.15) is 147 Å². The van der Waals surface area contributed by atoms with Crippen molar-refractivity contribution < 1.29 is 15.9 Å². The van der Waals surface area contributed by atoms with Crippen molar-refractivity contribution in [2.24, 2.45) is 0 Å². The molecule has 0 aromatic carbocycles. The average molecular weight is 636 g/mol. The van der Waals surface area contributed by atoms with E-state index in [0.29, 0.717) is 20.6 Å². The second-order valence-corrected chi connectivity index (χ2v) is 26.2. The molecule has 0 heterocycles. The summed E-state index contributed by atoms with van der Waals surface area (Å²) in [6, 6.07) is 0. The molecule has 5 heteroatoms. The molecule has 2 aliphatic carbocycles. The van der Waals surface area contributed by atoms with Crippen molar-refractivity contribution in [3.63, 3.8) is 0 Å². The Kier molecular flexibility index (Phi) is 16.5. The van der Waals surface area contributed by atoms with Crippen LogP contribution < -0.4 is 0 Å². The molecule has 2 rings (SSSR count). The molecule has 0 saturated heterocycles. The van der Waals surface area contributed by atoms with Crippen molar-refractivity contribution >= 4 is 34.9 Å². The Bertz CT molecular complexity index is 426. The van der Waals surface area contributed by atoms with E-state index in [1.165, 1.54) is 64.2 Å². The third-order valence-electron chi connectivity index (χ3n) is 7.26. The summed E-state index contributed by atoms with van der Waals surface area (Å²) in [5.41, 5.74) is 2.15. The van der Waals surface area contributed by atoms with Crippen LogP contribution in [0.15, 0.2) is 0 Å². The Morgan fingerprint density at radius 1 is 0.455 bits per heavy atom. The number of hydrogen-bond donors (Lipinski definition) is 0. The number of hydrogen-bond acceptors (Lipinski definition) is 0. The minimum absolute atomic E-state index is 0.106. The topological polar surface area (TPSA) is 0 Å². The maximum absolute atomic E-state index is 4.81. The van der Waals surface area contributed by atoms with E-state index in [4.69, 9.17) is 19.1 Å². The third-order valence-corrected chi connectivity index (χ3v) is 16.5. The van der Waals surface area contributed by atoms with Gasteiger partial charge in [-0.2, -0.15) is 0 Å². The summed E-state index contributed by atoms with van der Waals surface area (Å²) in [5, 5.41) is 2.24. The van der Waals surface area contributed by atoms with Gasteiger partial charge in [0.2, 0.25) is 0 Å². The molecule has 204 valence electrons. The molecule has 0 N–H and O–H groups in total. The molecule has 0 amide bonds. The molecule has 2 saturated carbocycles. The van der Waals surface area contributed by atoms with Gasteiger partial charge in [-0.3, -0.25) is 0 Å². The third kappa shape index (κ3) is 14.0. The summed E-state index contributed by atoms with van der Waals surface area (Å²) >= 11 is -0.106. The van der Waals surface area contributed by atoms with E-state index in [-0.39, 0.29) is 31.8 Å². The predicted octanol–water partition coefficient (Wildman–Crippen LogP) is 11.6. The van der Waals surface area contributed by atoms with Crippen LogP contribution in [0.5, 0.6) is 0 Å². The van der Waals surface area contributed by atoms with Crippen molar-refractivity contribution in [1.82, 2.24) is 0 Å². The fourth-order valence-corrected chi connectivity index (χ4v) is 18.9. The molecule has 0 bridgehead atoms. The molecule has 2 fully saturated rings. The Hall–Kier alpha value is 2.10. The van der Waals surface area contributed by atoms with E-state index in [1.807, 2.05) is 0 Å². The van der Waals surface area contributed by atoms with E-state index < -0.39 is 0 Å². The van der Waals surface area contributed by atoms with Crippen molar-refractivity contribution in [2.45, 2.75) is 179 Å². The van der Waals surface area contributed by atoms with Gasteiger partial charge in [-0.05, 0) is 134 Å². The molecule has 2 aliphatic rings. The van der Waals surface area contributed by atoms with E-state index in [2.05, 4.69) is 83.1 Å². The number of rotatable bonds is 2. The zero-order chi connectivity index (χ0) is 26.1. The fourth-order valence-electron chi connectivity index (χ4n) is 7.48. The van der Waals surface area contributed by atoms with Crippen LogP contribution in [0.3, 0.4) is 0 Å². The SMILES string of the molecule is CC(C)(C)[PH+](C1CCCCC1)C(C)(C)C.CC(C)(C)[PH+](C1CCCCC1)C(C)(C)C.[Cl][Pd][Cl]. The van der Waals surface area contributed by atoms with Gasteiger partial charge < -0.3 is 0 Å². The normalized spacial score (nSPS) is 19.8. The first-order valence-electron chi connectivity index (χ1n) is 13.4. The van der Waals surface area contributed by atoms with Gasteiger partial charge in [0.05, 0.1) is 31.9 Å². The maximum atomic E-state index is 4.81. The Morgan fingerprint density at radius 2 is 0.636 bits per heavy atom. The zero-order valence-corrected chi connectivity index (χ0v) is 29.4. The van der Waals surface area contributed by atoms with Crippen LogP contribution in [-0.2, 0) is 15.9 Å². The van der Waals surface area contributed by atoms with Gasteiger partial charge in [-0.15, -0.1) is 0 Å². The van der Waals surface area contributed by atoms with E-state index in [0.717, 1.165) is 11.3 Å².